The van der Waals surface area contributed by atoms with Gasteiger partial charge in [0.1, 0.15) is 6.61 Å². The molecular formula is C21H22N2O4S. The lowest BCUT2D eigenvalue weighted by Gasteiger charge is -2.23. The second kappa shape index (κ2) is 7.77. The molecule has 1 aliphatic rings. The number of rotatable bonds is 4. The Balaban J connectivity index is 1.72. The van der Waals surface area contributed by atoms with Crippen molar-refractivity contribution in [3.63, 3.8) is 0 Å². The third kappa shape index (κ3) is 3.55. The van der Waals surface area contributed by atoms with E-state index < -0.39 is 6.10 Å². The Morgan fingerprint density at radius 1 is 1.29 bits per heavy atom. The van der Waals surface area contributed by atoms with Crippen molar-refractivity contribution in [2.75, 3.05) is 20.3 Å². The molecular weight excluding hydrogens is 376 g/mol. The van der Waals surface area contributed by atoms with Crippen LogP contribution in [-0.4, -0.2) is 36.9 Å². The molecule has 0 saturated carbocycles. The van der Waals surface area contributed by atoms with Crippen LogP contribution in [0.25, 0.3) is 10.2 Å². The largest absolute Gasteiger partial charge is 0.485 e. The smallest absolute Gasteiger partial charge is 0.292 e. The Bertz CT molecular complexity index is 1100. The summed E-state index contributed by atoms with van der Waals surface area (Å²) in [5.74, 6) is 0.869. The van der Waals surface area contributed by atoms with Crippen LogP contribution in [0.5, 0.6) is 11.5 Å². The minimum atomic E-state index is -0.751. The molecule has 4 rings (SSSR count). The summed E-state index contributed by atoms with van der Waals surface area (Å²) >= 11 is 1.51. The second-order valence-electron chi connectivity index (χ2n) is 6.77. The standard InChI is InChI=1S/C21H22N2O4S/c1-13-10-14(2)19-15(11-13)23(8-9-25-3)21(28-19)22-20(24)18-12-26-16-6-4-5-7-17(16)27-18/h4-7,10-11,18H,8-9,12H2,1-3H3/t18-/m1/s1. The molecule has 1 aromatic heterocycles. The molecule has 7 heteroatoms. The van der Waals surface area contributed by atoms with Crippen molar-refractivity contribution in [1.82, 2.24) is 4.57 Å². The quantitative estimate of drug-likeness (QED) is 0.677. The lowest BCUT2D eigenvalue weighted by atomic mass is 10.1. The van der Waals surface area contributed by atoms with Crippen molar-refractivity contribution in [3.8, 4) is 11.5 Å². The fourth-order valence-corrected chi connectivity index (χ4v) is 4.42. The highest BCUT2D eigenvalue weighted by atomic mass is 32.1. The first-order valence-corrected chi connectivity index (χ1v) is 9.95. The van der Waals surface area contributed by atoms with E-state index in [1.807, 2.05) is 22.8 Å². The van der Waals surface area contributed by atoms with Crippen LogP contribution in [0.2, 0.25) is 0 Å². The zero-order valence-corrected chi connectivity index (χ0v) is 16.9. The Morgan fingerprint density at radius 2 is 2.07 bits per heavy atom. The lowest BCUT2D eigenvalue weighted by molar-refractivity contribution is -0.127. The molecule has 0 saturated heterocycles. The highest BCUT2D eigenvalue weighted by Gasteiger charge is 2.27. The Morgan fingerprint density at radius 3 is 2.86 bits per heavy atom. The number of amides is 1. The highest BCUT2D eigenvalue weighted by Crippen LogP contribution is 2.31. The van der Waals surface area contributed by atoms with Crippen LogP contribution in [0.3, 0.4) is 0 Å². The van der Waals surface area contributed by atoms with Gasteiger partial charge < -0.3 is 18.8 Å². The number of ether oxygens (including phenoxy) is 3. The molecule has 0 unspecified atom stereocenters. The van der Waals surface area contributed by atoms with Gasteiger partial charge in [-0.15, -0.1) is 0 Å². The summed E-state index contributed by atoms with van der Waals surface area (Å²) in [4.78, 5) is 17.9. The molecule has 0 radical (unpaired) electrons. The van der Waals surface area contributed by atoms with Gasteiger partial charge in [-0.1, -0.05) is 29.5 Å². The molecule has 1 atom stereocenters. The second-order valence-corrected chi connectivity index (χ2v) is 7.75. The van der Waals surface area contributed by atoms with E-state index in [-0.39, 0.29) is 12.5 Å². The van der Waals surface area contributed by atoms with Gasteiger partial charge in [0.2, 0.25) is 6.10 Å². The summed E-state index contributed by atoms with van der Waals surface area (Å²) in [5, 5.41) is 0. The molecule has 0 fully saturated rings. The maximum Gasteiger partial charge on any atom is 0.292 e. The van der Waals surface area contributed by atoms with Gasteiger partial charge in [-0.25, -0.2) is 0 Å². The van der Waals surface area contributed by atoms with Crippen LogP contribution >= 0.6 is 11.3 Å². The van der Waals surface area contributed by atoms with Gasteiger partial charge in [-0.2, -0.15) is 4.99 Å². The molecule has 0 N–H and O–H groups in total. The minimum absolute atomic E-state index is 0.153. The van der Waals surface area contributed by atoms with Crippen molar-refractivity contribution in [2.45, 2.75) is 26.5 Å². The first-order chi connectivity index (χ1) is 13.6. The van der Waals surface area contributed by atoms with Crippen molar-refractivity contribution in [3.05, 3.63) is 52.3 Å². The van der Waals surface area contributed by atoms with Crippen LogP contribution in [0.4, 0.5) is 0 Å². The van der Waals surface area contributed by atoms with Crippen molar-refractivity contribution < 1.29 is 19.0 Å². The molecule has 2 aromatic carbocycles. The number of fused-ring (bicyclic) bond motifs is 2. The molecule has 2 heterocycles. The van der Waals surface area contributed by atoms with Gasteiger partial charge in [0.25, 0.3) is 5.91 Å². The molecule has 6 nitrogen and oxygen atoms in total. The summed E-state index contributed by atoms with van der Waals surface area (Å²) < 4.78 is 19.9. The number of aromatic nitrogens is 1. The zero-order chi connectivity index (χ0) is 19.7. The van der Waals surface area contributed by atoms with E-state index >= 15 is 0 Å². The van der Waals surface area contributed by atoms with Gasteiger partial charge in [0.05, 0.1) is 16.8 Å². The predicted molar refractivity (Wildman–Crippen MR) is 108 cm³/mol. The van der Waals surface area contributed by atoms with E-state index in [2.05, 4.69) is 31.0 Å². The summed E-state index contributed by atoms with van der Waals surface area (Å²) in [6.45, 7) is 5.46. The van der Waals surface area contributed by atoms with Crippen LogP contribution in [0.15, 0.2) is 41.4 Å². The van der Waals surface area contributed by atoms with Crippen LogP contribution < -0.4 is 14.3 Å². The number of carbonyl (C=O) groups excluding carboxylic acids is 1. The minimum Gasteiger partial charge on any atom is -0.485 e. The molecule has 1 aliphatic heterocycles. The summed E-state index contributed by atoms with van der Waals surface area (Å²) in [6.07, 6.45) is -0.751. The molecule has 3 aromatic rings. The average molecular weight is 398 g/mol. The topological polar surface area (TPSA) is 62.1 Å². The molecule has 28 heavy (non-hydrogen) atoms. The summed E-state index contributed by atoms with van der Waals surface area (Å²) in [5.41, 5.74) is 3.41. The summed E-state index contributed by atoms with van der Waals surface area (Å²) in [7, 11) is 1.66. The first kappa shape index (κ1) is 18.7. The SMILES string of the molecule is COCCn1c(=NC(=O)[C@H]2COc3ccccc3O2)sc2c(C)cc(C)cc21. The number of thiazole rings is 1. The van der Waals surface area contributed by atoms with Crippen molar-refractivity contribution >= 4 is 27.5 Å². The van der Waals surface area contributed by atoms with E-state index in [1.54, 1.807) is 13.2 Å². The van der Waals surface area contributed by atoms with Crippen molar-refractivity contribution in [1.29, 1.82) is 0 Å². The molecule has 146 valence electrons. The maximum absolute atomic E-state index is 12.8. The van der Waals surface area contributed by atoms with Crippen molar-refractivity contribution in [2.24, 2.45) is 4.99 Å². The number of aryl methyl sites for hydroxylation is 2. The number of para-hydroxylation sites is 2. The zero-order valence-electron chi connectivity index (χ0n) is 16.1. The first-order valence-electron chi connectivity index (χ1n) is 9.13. The molecule has 0 spiro atoms. The van der Waals surface area contributed by atoms with E-state index in [1.165, 1.54) is 22.5 Å². The maximum atomic E-state index is 12.8. The van der Waals surface area contributed by atoms with Crippen LogP contribution in [0.1, 0.15) is 11.1 Å². The normalized spacial score (nSPS) is 16.5. The monoisotopic (exact) mass is 398 g/mol. The number of hydrogen-bond donors (Lipinski definition) is 0. The van der Waals surface area contributed by atoms with Gasteiger partial charge in [0, 0.05) is 13.7 Å². The van der Waals surface area contributed by atoms with Crippen LogP contribution in [0, 0.1) is 13.8 Å². The Labute approximate surface area is 167 Å². The number of carbonyl (C=O) groups is 1. The Hall–Kier alpha value is -2.64. The third-order valence-electron chi connectivity index (χ3n) is 4.62. The van der Waals surface area contributed by atoms with E-state index in [0.717, 1.165) is 10.2 Å². The van der Waals surface area contributed by atoms with Gasteiger partial charge in [-0.05, 0) is 43.2 Å². The number of methoxy groups -OCH3 is 1. The van der Waals surface area contributed by atoms with Crippen LogP contribution in [-0.2, 0) is 16.1 Å². The fraction of sp³-hybridized carbons (Fsp3) is 0.333. The van der Waals surface area contributed by atoms with Gasteiger partial charge >= 0.3 is 0 Å². The van der Waals surface area contributed by atoms with Gasteiger partial charge in [0.15, 0.2) is 16.3 Å². The number of hydrogen-bond acceptors (Lipinski definition) is 5. The van der Waals surface area contributed by atoms with E-state index in [4.69, 9.17) is 14.2 Å². The number of nitrogens with zero attached hydrogens (tertiary/aromatic N) is 2. The summed E-state index contributed by atoms with van der Waals surface area (Å²) in [6, 6.07) is 11.6. The lowest BCUT2D eigenvalue weighted by Crippen LogP contribution is -2.37. The average Bonchev–Trinajstić information content (AvgIpc) is 3.03. The van der Waals surface area contributed by atoms with E-state index in [0.29, 0.717) is 29.5 Å². The highest BCUT2D eigenvalue weighted by molar-refractivity contribution is 7.16. The third-order valence-corrected chi connectivity index (χ3v) is 5.85. The predicted octanol–water partition coefficient (Wildman–Crippen LogP) is 3.23. The molecule has 1 amide bonds. The van der Waals surface area contributed by atoms with E-state index in [9.17, 15) is 4.79 Å². The Kier molecular flexibility index (Phi) is 5.19. The fourth-order valence-electron chi connectivity index (χ4n) is 3.30. The van der Waals surface area contributed by atoms with Gasteiger partial charge in [-0.3, -0.25) is 4.79 Å². The number of benzene rings is 2. The molecule has 0 bridgehead atoms. The molecule has 0 aliphatic carbocycles.